The third-order valence-corrected chi connectivity index (χ3v) is 4.11. The number of rotatable bonds is 2. The van der Waals surface area contributed by atoms with E-state index in [0.717, 1.165) is 22.9 Å². The predicted octanol–water partition coefficient (Wildman–Crippen LogP) is 2.54. The van der Waals surface area contributed by atoms with Gasteiger partial charge in [0.05, 0.1) is 16.2 Å². The quantitative estimate of drug-likeness (QED) is 0.795. The third-order valence-electron chi connectivity index (χ3n) is 2.97. The van der Waals surface area contributed by atoms with Gasteiger partial charge >= 0.3 is 0 Å². The van der Waals surface area contributed by atoms with Crippen LogP contribution < -0.4 is 5.56 Å². The molecule has 0 radical (unpaired) electrons. The molecule has 3 rings (SSSR count). The summed E-state index contributed by atoms with van der Waals surface area (Å²) in [5, 5.41) is 9.87. The monoisotopic (exact) mass is 230 g/mol. The highest BCUT2D eigenvalue weighted by molar-refractivity contribution is 7.13. The van der Waals surface area contributed by atoms with Crippen LogP contribution in [0.5, 0.6) is 0 Å². The van der Waals surface area contributed by atoms with E-state index in [1.54, 1.807) is 3.96 Å². The van der Waals surface area contributed by atoms with Gasteiger partial charge in [0.1, 0.15) is 6.04 Å². The lowest BCUT2D eigenvalue weighted by Crippen LogP contribution is -2.19. The van der Waals surface area contributed by atoms with E-state index in [2.05, 4.69) is 6.07 Å². The number of fused-ring (bicyclic) bond motifs is 1. The van der Waals surface area contributed by atoms with Gasteiger partial charge in [-0.25, -0.2) is 3.96 Å². The summed E-state index contributed by atoms with van der Waals surface area (Å²) in [6.07, 6.45) is 2.14. The van der Waals surface area contributed by atoms with Crippen molar-refractivity contribution in [2.24, 2.45) is 5.92 Å². The molecule has 1 aromatic carbocycles. The van der Waals surface area contributed by atoms with Crippen LogP contribution in [-0.2, 0) is 0 Å². The standard InChI is InChI=1S/C12H10N2OS/c13-7-10(8-5-6-8)14-12(15)9-3-1-2-4-11(9)16-14/h1-4,8,10H,5-6H2. The van der Waals surface area contributed by atoms with Crippen LogP contribution in [0.25, 0.3) is 10.1 Å². The number of aromatic nitrogens is 1. The highest BCUT2D eigenvalue weighted by atomic mass is 32.1. The molecule has 1 saturated carbocycles. The first-order chi connectivity index (χ1) is 7.81. The van der Waals surface area contributed by atoms with Crippen LogP contribution in [0.15, 0.2) is 29.1 Å². The Balaban J connectivity index is 2.20. The highest BCUT2D eigenvalue weighted by Gasteiger charge is 2.34. The topological polar surface area (TPSA) is 45.8 Å². The lowest BCUT2D eigenvalue weighted by atomic mass is 10.2. The minimum Gasteiger partial charge on any atom is -0.268 e. The molecule has 1 aromatic heterocycles. The smallest absolute Gasteiger partial charge is 0.268 e. The molecule has 4 heteroatoms. The minimum absolute atomic E-state index is 0.0148. The van der Waals surface area contributed by atoms with E-state index >= 15 is 0 Å². The lowest BCUT2D eigenvalue weighted by molar-refractivity contribution is 0.576. The predicted molar refractivity (Wildman–Crippen MR) is 63.5 cm³/mol. The van der Waals surface area contributed by atoms with Gasteiger partial charge in [0.15, 0.2) is 0 Å². The zero-order chi connectivity index (χ0) is 11.1. The second kappa shape index (κ2) is 3.46. The number of benzene rings is 1. The van der Waals surface area contributed by atoms with E-state index in [0.29, 0.717) is 5.92 Å². The van der Waals surface area contributed by atoms with Gasteiger partial charge in [-0.3, -0.25) is 4.79 Å². The molecule has 1 fully saturated rings. The van der Waals surface area contributed by atoms with Gasteiger partial charge in [0.2, 0.25) is 0 Å². The van der Waals surface area contributed by atoms with Gasteiger partial charge in [0.25, 0.3) is 5.56 Å². The zero-order valence-corrected chi connectivity index (χ0v) is 9.41. The molecule has 0 aliphatic heterocycles. The van der Waals surface area contributed by atoms with Crippen LogP contribution in [0.2, 0.25) is 0 Å². The van der Waals surface area contributed by atoms with Crippen LogP contribution in [-0.4, -0.2) is 3.96 Å². The zero-order valence-electron chi connectivity index (χ0n) is 8.59. The first-order valence-electron chi connectivity index (χ1n) is 5.31. The van der Waals surface area contributed by atoms with E-state index in [-0.39, 0.29) is 11.6 Å². The lowest BCUT2D eigenvalue weighted by Gasteiger charge is -2.05. The average Bonchev–Trinajstić information content (AvgIpc) is 3.08. The molecule has 3 nitrogen and oxygen atoms in total. The molecule has 0 spiro atoms. The molecule has 0 bridgehead atoms. The first-order valence-corrected chi connectivity index (χ1v) is 6.09. The molecule has 0 amide bonds. The number of nitrogens with zero attached hydrogens (tertiary/aromatic N) is 2. The summed E-state index contributed by atoms with van der Waals surface area (Å²) < 4.78 is 2.61. The largest absolute Gasteiger partial charge is 0.269 e. The van der Waals surface area contributed by atoms with Crippen molar-refractivity contribution in [3.63, 3.8) is 0 Å². The maximum absolute atomic E-state index is 12.1. The molecule has 1 aliphatic carbocycles. The Morgan fingerprint density at radius 2 is 2.19 bits per heavy atom. The molecule has 0 N–H and O–H groups in total. The third kappa shape index (κ3) is 1.36. The molecule has 1 aliphatic rings. The van der Waals surface area contributed by atoms with Gasteiger partial charge in [-0.15, -0.1) is 0 Å². The van der Waals surface area contributed by atoms with Gasteiger partial charge in [0, 0.05) is 0 Å². The molecular weight excluding hydrogens is 220 g/mol. The minimum atomic E-state index is -0.259. The normalized spacial score (nSPS) is 17.2. The summed E-state index contributed by atoms with van der Waals surface area (Å²) >= 11 is 1.41. The van der Waals surface area contributed by atoms with Gasteiger partial charge in [-0.2, -0.15) is 5.26 Å². The Morgan fingerprint density at radius 3 is 2.81 bits per heavy atom. The van der Waals surface area contributed by atoms with Gasteiger partial charge in [-0.1, -0.05) is 23.7 Å². The van der Waals surface area contributed by atoms with Crippen molar-refractivity contribution in [3.8, 4) is 6.07 Å². The summed E-state index contributed by atoms with van der Waals surface area (Å²) in [6, 6.07) is 9.53. The van der Waals surface area contributed by atoms with E-state index < -0.39 is 0 Å². The summed E-state index contributed by atoms with van der Waals surface area (Å²) in [5.74, 6) is 0.385. The van der Waals surface area contributed by atoms with Crippen molar-refractivity contribution in [1.29, 1.82) is 5.26 Å². The summed E-state index contributed by atoms with van der Waals surface area (Å²) in [7, 11) is 0. The Bertz CT molecular complexity index is 630. The number of hydrogen-bond acceptors (Lipinski definition) is 3. The van der Waals surface area contributed by atoms with E-state index in [1.807, 2.05) is 24.3 Å². The van der Waals surface area contributed by atoms with Gasteiger partial charge in [-0.05, 0) is 30.9 Å². The Hall–Kier alpha value is -1.60. The summed E-state index contributed by atoms with van der Waals surface area (Å²) in [6.45, 7) is 0. The van der Waals surface area contributed by atoms with Crippen molar-refractivity contribution in [2.75, 3.05) is 0 Å². The Labute approximate surface area is 96.7 Å². The number of nitriles is 1. The molecular formula is C12H10N2OS. The molecule has 0 saturated heterocycles. The molecule has 2 aromatic rings. The van der Waals surface area contributed by atoms with Crippen LogP contribution in [0.3, 0.4) is 0 Å². The van der Waals surface area contributed by atoms with Crippen LogP contribution in [0.1, 0.15) is 18.9 Å². The second-order valence-electron chi connectivity index (χ2n) is 4.13. The second-order valence-corrected chi connectivity index (χ2v) is 5.15. The number of hydrogen-bond donors (Lipinski definition) is 0. The van der Waals surface area contributed by atoms with E-state index in [4.69, 9.17) is 5.26 Å². The van der Waals surface area contributed by atoms with E-state index in [1.165, 1.54) is 11.5 Å². The van der Waals surface area contributed by atoms with Crippen LogP contribution in [0, 0.1) is 17.2 Å². The summed E-state index contributed by atoms with van der Waals surface area (Å²) in [4.78, 5) is 12.1. The Kier molecular flexibility index (Phi) is 2.08. The van der Waals surface area contributed by atoms with Crippen molar-refractivity contribution >= 4 is 21.6 Å². The van der Waals surface area contributed by atoms with Crippen molar-refractivity contribution in [1.82, 2.24) is 3.96 Å². The maximum atomic E-state index is 12.1. The van der Waals surface area contributed by atoms with E-state index in [9.17, 15) is 4.79 Å². The maximum Gasteiger partial charge on any atom is 0.269 e. The molecule has 80 valence electrons. The average molecular weight is 230 g/mol. The fourth-order valence-electron chi connectivity index (χ4n) is 1.93. The van der Waals surface area contributed by atoms with Crippen LogP contribution >= 0.6 is 11.5 Å². The highest BCUT2D eigenvalue weighted by Crippen LogP contribution is 2.40. The molecule has 1 unspecified atom stereocenters. The van der Waals surface area contributed by atoms with Gasteiger partial charge < -0.3 is 0 Å². The first kappa shape index (κ1) is 9.61. The molecule has 1 heterocycles. The van der Waals surface area contributed by atoms with Crippen LogP contribution in [0.4, 0.5) is 0 Å². The molecule has 16 heavy (non-hydrogen) atoms. The fraction of sp³-hybridized carbons (Fsp3) is 0.333. The van der Waals surface area contributed by atoms with Crippen molar-refractivity contribution < 1.29 is 0 Å². The molecule has 1 atom stereocenters. The SMILES string of the molecule is N#CC(C1CC1)n1sc2ccccc2c1=O. The summed E-state index contributed by atoms with van der Waals surface area (Å²) in [5.41, 5.74) is -0.0148. The fourth-order valence-corrected chi connectivity index (χ4v) is 3.05. The van der Waals surface area contributed by atoms with Crippen molar-refractivity contribution in [3.05, 3.63) is 34.6 Å². The Morgan fingerprint density at radius 1 is 1.44 bits per heavy atom. The van der Waals surface area contributed by atoms with Crippen molar-refractivity contribution in [2.45, 2.75) is 18.9 Å².